The van der Waals surface area contributed by atoms with Crippen molar-refractivity contribution in [2.75, 3.05) is 0 Å². The highest BCUT2D eigenvalue weighted by atomic mass is 16.3. The Morgan fingerprint density at radius 2 is 2.11 bits per heavy atom. The monoisotopic (exact) mass is 383 g/mol. The van der Waals surface area contributed by atoms with Gasteiger partial charge in [0.05, 0.1) is 12.2 Å². The number of aliphatic hydroxyl groups is 2. The first kappa shape index (κ1) is 20.8. The van der Waals surface area contributed by atoms with E-state index in [1.54, 1.807) is 6.07 Å². The largest absolute Gasteiger partial charge is 0.392 e. The van der Waals surface area contributed by atoms with Gasteiger partial charge in [-0.1, -0.05) is 68.2 Å². The molecule has 0 bridgehead atoms. The number of amides is 1. The molecule has 1 fully saturated rings. The highest BCUT2D eigenvalue weighted by molar-refractivity contribution is 5.94. The van der Waals surface area contributed by atoms with Crippen LogP contribution in [0.3, 0.4) is 0 Å². The van der Waals surface area contributed by atoms with E-state index < -0.39 is 6.10 Å². The second-order valence-electron chi connectivity index (χ2n) is 8.38. The molecule has 0 saturated heterocycles. The molecule has 1 aromatic carbocycles. The summed E-state index contributed by atoms with van der Waals surface area (Å²) in [6.45, 7) is 2.16. The molecule has 4 heteroatoms. The lowest BCUT2D eigenvalue weighted by atomic mass is 9.88. The molecule has 3 rings (SSSR count). The number of hydrogen-bond acceptors (Lipinski definition) is 3. The van der Waals surface area contributed by atoms with Crippen LogP contribution in [0.2, 0.25) is 0 Å². The maximum absolute atomic E-state index is 11.7. The fourth-order valence-corrected chi connectivity index (χ4v) is 4.85. The summed E-state index contributed by atoms with van der Waals surface area (Å²) in [5.74, 6) is 0.455. The Morgan fingerprint density at radius 3 is 2.86 bits per heavy atom. The van der Waals surface area contributed by atoms with E-state index in [4.69, 9.17) is 5.73 Å². The molecular formula is C24H33NO3. The van der Waals surface area contributed by atoms with Crippen LogP contribution in [0.5, 0.6) is 0 Å². The van der Waals surface area contributed by atoms with Crippen LogP contribution < -0.4 is 5.73 Å². The van der Waals surface area contributed by atoms with Crippen molar-refractivity contribution in [2.24, 2.45) is 23.5 Å². The smallest absolute Gasteiger partial charge is 0.248 e. The van der Waals surface area contributed by atoms with Gasteiger partial charge >= 0.3 is 0 Å². The molecule has 1 saturated carbocycles. The van der Waals surface area contributed by atoms with Gasteiger partial charge in [0.2, 0.25) is 5.91 Å². The fraction of sp³-hybridized carbons (Fsp3) is 0.542. The number of hydrogen-bond donors (Lipinski definition) is 3. The van der Waals surface area contributed by atoms with Crippen LogP contribution in [0.4, 0.5) is 0 Å². The molecule has 4 nitrogen and oxygen atoms in total. The molecule has 28 heavy (non-hydrogen) atoms. The summed E-state index contributed by atoms with van der Waals surface area (Å²) in [5.41, 5.74) is 8.39. The van der Waals surface area contributed by atoms with Crippen molar-refractivity contribution < 1.29 is 15.0 Å². The highest BCUT2D eigenvalue weighted by Crippen LogP contribution is 2.48. The minimum Gasteiger partial charge on any atom is -0.392 e. The standard InChI is InChI=1S/C24H33NO3/c1-2-3-4-8-19(26)10-11-21-22-14-16(13-18(22)15-23(21)27)12-17-7-5-6-9-20(17)24(25)28/h5-7,9-11,13,18-19,21-23,26-27H,2-4,8,12,14-15H2,1H3,(H2,25,28)/b11-10+/t18-,19-,21+,22-,23+/m0/s1. The maximum Gasteiger partial charge on any atom is 0.248 e. The van der Waals surface area contributed by atoms with E-state index in [2.05, 4.69) is 13.0 Å². The fourth-order valence-electron chi connectivity index (χ4n) is 4.85. The van der Waals surface area contributed by atoms with Crippen molar-refractivity contribution in [3.63, 3.8) is 0 Å². The molecule has 2 aliphatic rings. The summed E-state index contributed by atoms with van der Waals surface area (Å²) in [6, 6.07) is 7.52. The molecule has 1 aromatic rings. The Kier molecular flexibility index (Phi) is 7.08. The van der Waals surface area contributed by atoms with Crippen molar-refractivity contribution in [1.82, 2.24) is 0 Å². The van der Waals surface area contributed by atoms with Crippen LogP contribution in [-0.2, 0) is 6.42 Å². The third-order valence-electron chi connectivity index (χ3n) is 6.31. The van der Waals surface area contributed by atoms with Crippen LogP contribution in [0, 0.1) is 17.8 Å². The van der Waals surface area contributed by atoms with Gasteiger partial charge in [-0.2, -0.15) is 0 Å². The molecule has 0 unspecified atom stereocenters. The van der Waals surface area contributed by atoms with Gasteiger partial charge in [0, 0.05) is 11.5 Å². The van der Waals surface area contributed by atoms with Crippen molar-refractivity contribution in [2.45, 2.75) is 64.1 Å². The van der Waals surface area contributed by atoms with Gasteiger partial charge in [0.25, 0.3) is 0 Å². The summed E-state index contributed by atoms with van der Waals surface area (Å²) in [7, 11) is 0. The van der Waals surface area contributed by atoms with Gasteiger partial charge < -0.3 is 15.9 Å². The van der Waals surface area contributed by atoms with Crippen LogP contribution >= 0.6 is 0 Å². The lowest BCUT2D eigenvalue weighted by Crippen LogP contribution is -2.18. The number of nitrogens with two attached hydrogens (primary N) is 1. The number of unbranched alkanes of at least 4 members (excludes halogenated alkanes) is 2. The second-order valence-corrected chi connectivity index (χ2v) is 8.38. The zero-order valence-corrected chi connectivity index (χ0v) is 16.8. The summed E-state index contributed by atoms with van der Waals surface area (Å²) in [4.78, 5) is 11.7. The maximum atomic E-state index is 11.7. The van der Waals surface area contributed by atoms with E-state index in [0.29, 0.717) is 17.4 Å². The summed E-state index contributed by atoms with van der Waals surface area (Å²) < 4.78 is 0. The number of fused-ring (bicyclic) bond motifs is 1. The third kappa shape index (κ3) is 4.92. The van der Waals surface area contributed by atoms with E-state index in [1.165, 1.54) is 5.57 Å². The number of aliphatic hydroxyl groups excluding tert-OH is 2. The molecule has 0 heterocycles. The quantitative estimate of drug-likeness (QED) is 0.448. The molecule has 0 aromatic heterocycles. The lowest BCUT2D eigenvalue weighted by Gasteiger charge is -2.19. The molecule has 5 atom stereocenters. The Bertz CT molecular complexity index is 739. The number of benzene rings is 1. The molecule has 152 valence electrons. The Labute approximate surface area is 168 Å². The van der Waals surface area contributed by atoms with Crippen molar-refractivity contribution >= 4 is 5.91 Å². The SMILES string of the molecule is CCCCC[C@H](O)/C=C/[C@@H]1[C@H]2CC(Cc3ccccc3C(N)=O)=C[C@H]2C[C@H]1O. The zero-order chi connectivity index (χ0) is 20.1. The second kappa shape index (κ2) is 9.53. The summed E-state index contributed by atoms with van der Waals surface area (Å²) in [6.07, 6.45) is 12.0. The highest BCUT2D eigenvalue weighted by Gasteiger charge is 2.43. The predicted molar refractivity (Wildman–Crippen MR) is 112 cm³/mol. The van der Waals surface area contributed by atoms with Gasteiger partial charge in [-0.05, 0) is 49.1 Å². The van der Waals surface area contributed by atoms with Gasteiger partial charge in [-0.3, -0.25) is 4.79 Å². The molecule has 2 aliphatic carbocycles. The average molecular weight is 384 g/mol. The molecule has 0 aliphatic heterocycles. The van der Waals surface area contributed by atoms with Gasteiger partial charge in [-0.15, -0.1) is 0 Å². The van der Waals surface area contributed by atoms with Crippen LogP contribution in [-0.4, -0.2) is 28.3 Å². The van der Waals surface area contributed by atoms with Gasteiger partial charge in [0.1, 0.15) is 0 Å². The zero-order valence-electron chi connectivity index (χ0n) is 16.8. The first-order chi connectivity index (χ1) is 13.5. The minimum absolute atomic E-state index is 0.0889. The number of carbonyl (C=O) groups is 1. The topological polar surface area (TPSA) is 83.5 Å². The molecule has 4 N–H and O–H groups in total. The van der Waals surface area contributed by atoms with Crippen molar-refractivity contribution in [3.05, 3.63) is 59.2 Å². The summed E-state index contributed by atoms with van der Waals surface area (Å²) >= 11 is 0. The van der Waals surface area contributed by atoms with Crippen molar-refractivity contribution in [3.8, 4) is 0 Å². The lowest BCUT2D eigenvalue weighted by molar-refractivity contribution is 0.0999. The molecule has 0 spiro atoms. The number of rotatable bonds is 9. The average Bonchev–Trinajstić information content (AvgIpc) is 3.16. The third-order valence-corrected chi connectivity index (χ3v) is 6.31. The van der Waals surface area contributed by atoms with Crippen LogP contribution in [0.25, 0.3) is 0 Å². The normalized spacial score (nSPS) is 27.8. The molecule has 1 amide bonds. The van der Waals surface area contributed by atoms with Gasteiger partial charge in [-0.25, -0.2) is 0 Å². The number of allylic oxidation sites excluding steroid dienone is 2. The Morgan fingerprint density at radius 1 is 1.32 bits per heavy atom. The van der Waals surface area contributed by atoms with E-state index in [-0.39, 0.29) is 17.9 Å². The number of primary amides is 1. The number of carbonyl (C=O) groups excluding carboxylic acids is 1. The predicted octanol–water partition coefficient (Wildman–Crippen LogP) is 3.77. The first-order valence-corrected chi connectivity index (χ1v) is 10.6. The Hall–Kier alpha value is -1.91. The first-order valence-electron chi connectivity index (χ1n) is 10.6. The van der Waals surface area contributed by atoms with E-state index in [1.807, 2.05) is 30.4 Å². The molecule has 0 radical (unpaired) electrons. The minimum atomic E-state index is -0.422. The van der Waals surface area contributed by atoms with Gasteiger partial charge in [0.15, 0.2) is 0 Å². The Balaban J connectivity index is 1.62. The van der Waals surface area contributed by atoms with E-state index in [9.17, 15) is 15.0 Å². The molecular weight excluding hydrogens is 350 g/mol. The summed E-state index contributed by atoms with van der Waals surface area (Å²) in [5, 5.41) is 20.7. The van der Waals surface area contributed by atoms with Crippen LogP contribution in [0.15, 0.2) is 48.1 Å². The van der Waals surface area contributed by atoms with E-state index in [0.717, 1.165) is 50.5 Å². The van der Waals surface area contributed by atoms with Crippen molar-refractivity contribution in [1.29, 1.82) is 0 Å². The van der Waals surface area contributed by atoms with E-state index >= 15 is 0 Å². The van der Waals surface area contributed by atoms with Crippen LogP contribution in [0.1, 0.15) is 61.4 Å².